The van der Waals surface area contributed by atoms with Crippen LogP contribution in [-0.2, 0) is 0 Å². The van der Waals surface area contributed by atoms with Crippen molar-refractivity contribution >= 4 is 36.9 Å². The predicted molar refractivity (Wildman–Crippen MR) is 60.0 cm³/mol. The third kappa shape index (κ3) is 2.47. The van der Waals surface area contributed by atoms with Gasteiger partial charge in [-0.15, -0.1) is 12.4 Å². The Labute approximate surface area is 88.1 Å². The zero-order valence-electron chi connectivity index (χ0n) is 6.65. The Morgan fingerprint density at radius 2 is 1.92 bits per heavy atom. The first-order valence-electron chi connectivity index (χ1n) is 3.30. The Bertz CT molecular complexity index is 443. The van der Waals surface area contributed by atoms with Crippen LogP contribution in [0.2, 0.25) is 0 Å². The lowest BCUT2D eigenvalue weighted by Gasteiger charge is -1.92. The van der Waals surface area contributed by atoms with Crippen molar-refractivity contribution in [1.82, 2.24) is 9.97 Å². The number of aromatic amines is 1. The Hall–Kier alpha value is -1.000. The van der Waals surface area contributed by atoms with Gasteiger partial charge in [0.1, 0.15) is 0 Å². The first-order chi connectivity index (χ1) is 5.36. The number of aromatic nitrogens is 2. The number of hydrogen-bond acceptors (Lipinski definition) is 2. The summed E-state index contributed by atoms with van der Waals surface area (Å²) in [7, 11) is 0. The van der Waals surface area contributed by atoms with Crippen molar-refractivity contribution in [3.63, 3.8) is 0 Å². The fraction of sp³-hybridized carbons (Fsp3) is 0. The van der Waals surface area contributed by atoms with Crippen LogP contribution in [0.5, 0.6) is 0 Å². The van der Waals surface area contributed by atoms with Crippen LogP contribution in [0.1, 0.15) is 0 Å². The van der Waals surface area contributed by atoms with Gasteiger partial charge in [-0.05, 0) is 12.1 Å². The highest BCUT2D eigenvalue weighted by Crippen LogP contribution is 2.02. The van der Waals surface area contributed by atoms with Crippen molar-refractivity contribution < 1.29 is 0 Å². The Kier molecular flexibility index (Phi) is 4.51. The molecular formula is C8H9ClN2OS. The van der Waals surface area contributed by atoms with Gasteiger partial charge < -0.3 is 4.98 Å². The minimum Gasteiger partial charge on any atom is -0.319 e. The highest BCUT2D eigenvalue weighted by molar-refractivity contribution is 7.59. The third-order valence-electron chi connectivity index (χ3n) is 1.48. The first-order valence-corrected chi connectivity index (χ1v) is 3.30. The molecule has 0 radical (unpaired) electrons. The number of rotatable bonds is 0. The van der Waals surface area contributed by atoms with Gasteiger partial charge >= 0.3 is 0 Å². The standard InChI is InChI=1S/C8H6N2O.ClH.H2S/c11-8-5-9-6-3-1-2-4-7(6)10-8;;/h1-5H,(H,10,11);1H;1H2. The van der Waals surface area contributed by atoms with Gasteiger partial charge in [-0.2, -0.15) is 13.5 Å². The molecule has 1 heterocycles. The summed E-state index contributed by atoms with van der Waals surface area (Å²) < 4.78 is 0. The lowest BCUT2D eigenvalue weighted by atomic mass is 10.3. The van der Waals surface area contributed by atoms with Gasteiger partial charge in [0.2, 0.25) is 0 Å². The molecular weight excluding hydrogens is 208 g/mol. The van der Waals surface area contributed by atoms with Crippen LogP contribution in [0.25, 0.3) is 11.0 Å². The molecule has 1 N–H and O–H groups in total. The number of para-hydroxylation sites is 2. The summed E-state index contributed by atoms with van der Waals surface area (Å²) >= 11 is 0. The fourth-order valence-corrected chi connectivity index (χ4v) is 0.985. The van der Waals surface area contributed by atoms with Crippen molar-refractivity contribution in [3.05, 3.63) is 40.8 Å². The number of fused-ring (bicyclic) bond motifs is 1. The van der Waals surface area contributed by atoms with Crippen molar-refractivity contribution in [3.8, 4) is 0 Å². The fourth-order valence-electron chi connectivity index (χ4n) is 0.985. The highest BCUT2D eigenvalue weighted by atomic mass is 35.5. The maximum atomic E-state index is 10.8. The lowest BCUT2D eigenvalue weighted by Crippen LogP contribution is -2.04. The van der Waals surface area contributed by atoms with Crippen LogP contribution in [0.3, 0.4) is 0 Å². The number of nitrogens with zero attached hydrogens (tertiary/aromatic N) is 1. The quantitative estimate of drug-likeness (QED) is 0.725. The second kappa shape index (κ2) is 4.89. The van der Waals surface area contributed by atoms with Crippen molar-refractivity contribution in [2.45, 2.75) is 0 Å². The maximum absolute atomic E-state index is 10.8. The predicted octanol–water partition coefficient (Wildman–Crippen LogP) is 1.46. The van der Waals surface area contributed by atoms with Crippen LogP contribution in [0, 0.1) is 0 Å². The summed E-state index contributed by atoms with van der Waals surface area (Å²) in [6.07, 6.45) is 1.28. The molecule has 1 aromatic carbocycles. The largest absolute Gasteiger partial charge is 0.319 e. The molecule has 1 aromatic heterocycles. The molecule has 0 saturated carbocycles. The zero-order valence-corrected chi connectivity index (χ0v) is 8.47. The second-order valence-corrected chi connectivity index (χ2v) is 2.26. The van der Waals surface area contributed by atoms with E-state index in [1.807, 2.05) is 24.3 Å². The van der Waals surface area contributed by atoms with Gasteiger partial charge in [0, 0.05) is 0 Å². The number of nitrogens with one attached hydrogen (secondary N) is 1. The van der Waals surface area contributed by atoms with E-state index in [-0.39, 0.29) is 31.5 Å². The van der Waals surface area contributed by atoms with Gasteiger partial charge in [-0.1, -0.05) is 12.1 Å². The van der Waals surface area contributed by atoms with Crippen LogP contribution in [-0.4, -0.2) is 9.97 Å². The van der Waals surface area contributed by atoms with Crippen LogP contribution >= 0.6 is 25.9 Å². The molecule has 13 heavy (non-hydrogen) atoms. The van der Waals surface area contributed by atoms with Gasteiger partial charge in [0.05, 0.1) is 17.2 Å². The first kappa shape index (κ1) is 12.0. The van der Waals surface area contributed by atoms with E-state index in [9.17, 15) is 4.79 Å². The summed E-state index contributed by atoms with van der Waals surface area (Å²) in [6, 6.07) is 7.42. The molecule has 0 aliphatic carbocycles. The molecule has 2 rings (SSSR count). The Morgan fingerprint density at radius 1 is 1.23 bits per heavy atom. The van der Waals surface area contributed by atoms with Gasteiger partial charge in [0.25, 0.3) is 5.56 Å². The van der Waals surface area contributed by atoms with Gasteiger partial charge in [-0.3, -0.25) is 4.79 Å². The van der Waals surface area contributed by atoms with E-state index < -0.39 is 0 Å². The normalized spacial score (nSPS) is 8.62. The molecule has 0 spiro atoms. The Morgan fingerprint density at radius 3 is 2.69 bits per heavy atom. The van der Waals surface area contributed by atoms with Gasteiger partial charge in [-0.25, -0.2) is 4.98 Å². The van der Waals surface area contributed by atoms with E-state index in [0.717, 1.165) is 11.0 Å². The molecule has 0 atom stereocenters. The molecule has 0 saturated heterocycles. The summed E-state index contributed by atoms with van der Waals surface area (Å²) in [5, 5.41) is 0. The van der Waals surface area contributed by atoms with E-state index in [2.05, 4.69) is 9.97 Å². The molecule has 0 bridgehead atoms. The van der Waals surface area contributed by atoms with Crippen molar-refractivity contribution in [1.29, 1.82) is 0 Å². The zero-order chi connectivity index (χ0) is 7.68. The maximum Gasteiger partial charge on any atom is 0.266 e. The monoisotopic (exact) mass is 216 g/mol. The van der Waals surface area contributed by atoms with Crippen LogP contribution in [0.4, 0.5) is 0 Å². The molecule has 0 aliphatic heterocycles. The average molecular weight is 217 g/mol. The number of halogens is 1. The summed E-state index contributed by atoms with van der Waals surface area (Å²) in [4.78, 5) is 17.4. The molecule has 70 valence electrons. The van der Waals surface area contributed by atoms with E-state index in [1.54, 1.807) is 0 Å². The number of benzene rings is 1. The summed E-state index contributed by atoms with van der Waals surface area (Å²) in [6.45, 7) is 0. The van der Waals surface area contributed by atoms with Gasteiger partial charge in [0.15, 0.2) is 0 Å². The SMILES string of the molecule is Cl.O=c1cnc2ccccc2[nH]1.S. The number of H-pyrrole nitrogens is 1. The molecule has 0 unspecified atom stereocenters. The summed E-state index contributed by atoms with van der Waals surface area (Å²) in [5.41, 5.74) is 1.43. The van der Waals surface area contributed by atoms with E-state index in [1.165, 1.54) is 6.20 Å². The van der Waals surface area contributed by atoms with Crippen molar-refractivity contribution in [2.75, 3.05) is 0 Å². The molecule has 0 fully saturated rings. The minimum atomic E-state index is -0.163. The molecule has 0 amide bonds. The minimum absolute atomic E-state index is 0. The average Bonchev–Trinajstić information content (AvgIpc) is 2.04. The lowest BCUT2D eigenvalue weighted by molar-refractivity contribution is 1.22. The van der Waals surface area contributed by atoms with E-state index in [4.69, 9.17) is 0 Å². The van der Waals surface area contributed by atoms with Crippen molar-refractivity contribution in [2.24, 2.45) is 0 Å². The van der Waals surface area contributed by atoms with E-state index >= 15 is 0 Å². The van der Waals surface area contributed by atoms with E-state index in [0.29, 0.717) is 0 Å². The number of hydrogen-bond donors (Lipinski definition) is 1. The topological polar surface area (TPSA) is 45.8 Å². The second-order valence-electron chi connectivity index (χ2n) is 2.26. The smallest absolute Gasteiger partial charge is 0.266 e. The Balaban J connectivity index is 0.000000720. The van der Waals surface area contributed by atoms with Crippen LogP contribution < -0.4 is 5.56 Å². The highest BCUT2D eigenvalue weighted by Gasteiger charge is 1.90. The van der Waals surface area contributed by atoms with Crippen LogP contribution in [0.15, 0.2) is 35.3 Å². The molecule has 5 heteroatoms. The molecule has 3 nitrogen and oxygen atoms in total. The summed E-state index contributed by atoms with van der Waals surface area (Å²) in [5.74, 6) is 0. The third-order valence-corrected chi connectivity index (χ3v) is 1.48. The molecule has 0 aliphatic rings. The molecule has 2 aromatic rings.